The molecule has 0 radical (unpaired) electrons. The van der Waals surface area contributed by atoms with Gasteiger partial charge in [-0.2, -0.15) is 0 Å². The van der Waals surface area contributed by atoms with Crippen molar-refractivity contribution in [1.29, 1.82) is 0 Å². The number of nitrogens with zero attached hydrogens (tertiary/aromatic N) is 2. The van der Waals surface area contributed by atoms with Crippen molar-refractivity contribution < 1.29 is 4.74 Å². The van der Waals surface area contributed by atoms with Crippen LogP contribution in [0.3, 0.4) is 0 Å². The number of hydrazone groups is 1. The summed E-state index contributed by atoms with van der Waals surface area (Å²) in [6, 6.07) is 14.1. The van der Waals surface area contributed by atoms with E-state index in [1.165, 1.54) is 5.56 Å². The maximum atomic E-state index is 5.21. The van der Waals surface area contributed by atoms with E-state index in [1.807, 2.05) is 35.5 Å². The predicted molar refractivity (Wildman–Crippen MR) is 91.3 cm³/mol. The fourth-order valence-electron chi connectivity index (χ4n) is 2.75. The number of hydrogen-bond donors (Lipinski definition) is 3. The third-order valence-corrected chi connectivity index (χ3v) is 3.94. The molecule has 0 bridgehead atoms. The SMILES string of the molecule is COc1ccc(N2NNN=C2c2c[nH]c3ccc(C)cc23)cc1. The molecule has 0 saturated heterocycles. The number of fused-ring (bicyclic) bond motifs is 1. The number of benzene rings is 2. The molecule has 3 N–H and O–H groups in total. The Kier molecular flexibility index (Phi) is 3.17. The second-order valence-corrected chi connectivity index (χ2v) is 5.44. The Morgan fingerprint density at radius 3 is 2.70 bits per heavy atom. The fraction of sp³-hybridized carbons (Fsp3) is 0.118. The summed E-state index contributed by atoms with van der Waals surface area (Å²) in [6.07, 6.45) is 1.98. The van der Waals surface area contributed by atoms with Crippen LogP contribution in [0.15, 0.2) is 53.8 Å². The summed E-state index contributed by atoms with van der Waals surface area (Å²) in [4.78, 5) is 3.30. The lowest BCUT2D eigenvalue weighted by molar-refractivity contribution is 0.415. The van der Waals surface area contributed by atoms with Crippen molar-refractivity contribution in [2.45, 2.75) is 6.92 Å². The molecule has 0 saturated carbocycles. The Morgan fingerprint density at radius 1 is 1.09 bits per heavy atom. The highest BCUT2D eigenvalue weighted by Crippen LogP contribution is 2.25. The molecule has 0 aliphatic carbocycles. The number of aromatic nitrogens is 1. The molecular formula is C17H17N5O. The van der Waals surface area contributed by atoms with Gasteiger partial charge in [-0.1, -0.05) is 11.6 Å². The van der Waals surface area contributed by atoms with Crippen molar-refractivity contribution in [2.75, 3.05) is 12.1 Å². The Balaban J connectivity index is 1.75. The number of anilines is 1. The first kappa shape index (κ1) is 13.7. The second kappa shape index (κ2) is 5.33. The number of ether oxygens (including phenoxy) is 1. The largest absolute Gasteiger partial charge is 0.497 e. The van der Waals surface area contributed by atoms with Gasteiger partial charge in [0.15, 0.2) is 5.84 Å². The highest BCUT2D eigenvalue weighted by molar-refractivity contribution is 6.17. The zero-order valence-corrected chi connectivity index (χ0v) is 12.9. The molecule has 4 rings (SSSR count). The Hall–Kier alpha value is -2.99. The van der Waals surface area contributed by atoms with Gasteiger partial charge in [0.1, 0.15) is 5.75 Å². The first-order chi connectivity index (χ1) is 11.3. The smallest absolute Gasteiger partial charge is 0.179 e. The molecule has 3 aromatic rings. The topological polar surface area (TPSA) is 64.7 Å². The predicted octanol–water partition coefficient (Wildman–Crippen LogP) is 2.68. The van der Waals surface area contributed by atoms with Crippen LogP contribution in [0.25, 0.3) is 10.9 Å². The molecule has 2 heterocycles. The number of nitrogens with one attached hydrogen (secondary N) is 3. The number of rotatable bonds is 3. The fourth-order valence-corrected chi connectivity index (χ4v) is 2.75. The van der Waals surface area contributed by atoms with Crippen LogP contribution >= 0.6 is 0 Å². The van der Waals surface area contributed by atoms with Gasteiger partial charge < -0.3 is 9.72 Å². The minimum Gasteiger partial charge on any atom is -0.497 e. The monoisotopic (exact) mass is 307 g/mol. The number of hydrazine groups is 2. The third-order valence-electron chi connectivity index (χ3n) is 3.94. The number of hydrogen-bond acceptors (Lipinski definition) is 5. The van der Waals surface area contributed by atoms with Crippen LogP contribution in [-0.2, 0) is 0 Å². The summed E-state index contributed by atoms with van der Waals surface area (Å²) in [7, 11) is 1.66. The molecule has 1 aliphatic heterocycles. The zero-order valence-electron chi connectivity index (χ0n) is 12.9. The van der Waals surface area contributed by atoms with Crippen LogP contribution in [-0.4, -0.2) is 17.9 Å². The molecule has 0 amide bonds. The van der Waals surface area contributed by atoms with Crippen LogP contribution in [0.2, 0.25) is 0 Å². The van der Waals surface area contributed by atoms with Crippen molar-refractivity contribution in [1.82, 2.24) is 16.1 Å². The highest BCUT2D eigenvalue weighted by Gasteiger charge is 2.23. The molecule has 23 heavy (non-hydrogen) atoms. The van der Waals surface area contributed by atoms with Crippen LogP contribution in [0, 0.1) is 6.92 Å². The normalized spacial score (nSPS) is 14.0. The average Bonchev–Trinajstić information content (AvgIpc) is 3.20. The standard InChI is InChI=1S/C17H17N5O/c1-11-3-8-16-14(9-11)15(10-18-16)17-19-20-21-22(17)12-4-6-13(23-2)7-5-12/h3-10,18,20-21H,1-2H3. The maximum Gasteiger partial charge on any atom is 0.179 e. The van der Waals surface area contributed by atoms with Gasteiger partial charge >= 0.3 is 0 Å². The summed E-state index contributed by atoms with van der Waals surface area (Å²) in [5.41, 5.74) is 10.2. The number of H-pyrrole nitrogens is 1. The van der Waals surface area contributed by atoms with E-state index >= 15 is 0 Å². The molecule has 1 aromatic heterocycles. The Morgan fingerprint density at radius 2 is 1.91 bits per heavy atom. The van der Waals surface area contributed by atoms with Crippen LogP contribution < -0.4 is 20.8 Å². The summed E-state index contributed by atoms with van der Waals surface area (Å²) in [6.45, 7) is 2.09. The first-order valence-electron chi connectivity index (χ1n) is 7.37. The molecule has 0 spiro atoms. The van der Waals surface area contributed by atoms with Crippen molar-refractivity contribution in [3.05, 3.63) is 59.8 Å². The summed E-state index contributed by atoms with van der Waals surface area (Å²) >= 11 is 0. The van der Waals surface area contributed by atoms with E-state index in [0.717, 1.165) is 33.7 Å². The summed E-state index contributed by atoms with van der Waals surface area (Å²) in [5.74, 6) is 1.63. The van der Waals surface area contributed by atoms with Crippen molar-refractivity contribution in [2.24, 2.45) is 5.10 Å². The Bertz CT molecular complexity index is 882. The minimum atomic E-state index is 0.812. The van der Waals surface area contributed by atoms with Crippen molar-refractivity contribution in [3.63, 3.8) is 0 Å². The zero-order chi connectivity index (χ0) is 15.8. The van der Waals surface area contributed by atoms with Crippen LogP contribution in [0.1, 0.15) is 11.1 Å². The first-order valence-corrected chi connectivity index (χ1v) is 7.37. The minimum absolute atomic E-state index is 0.812. The molecule has 1 aliphatic rings. The molecular weight excluding hydrogens is 290 g/mol. The van der Waals surface area contributed by atoms with E-state index in [4.69, 9.17) is 4.74 Å². The van der Waals surface area contributed by atoms with Gasteiger partial charge in [0.2, 0.25) is 0 Å². The molecule has 0 unspecified atom stereocenters. The lowest BCUT2D eigenvalue weighted by Gasteiger charge is -2.19. The number of aromatic amines is 1. The van der Waals surface area contributed by atoms with E-state index in [0.29, 0.717) is 0 Å². The van der Waals surface area contributed by atoms with Crippen molar-refractivity contribution >= 4 is 22.4 Å². The van der Waals surface area contributed by atoms with Gasteiger partial charge in [-0.15, -0.1) is 10.6 Å². The average molecular weight is 307 g/mol. The number of aryl methyl sites for hydroxylation is 1. The molecule has 0 fully saturated rings. The van der Waals surface area contributed by atoms with E-state index in [9.17, 15) is 0 Å². The van der Waals surface area contributed by atoms with Crippen molar-refractivity contribution in [3.8, 4) is 5.75 Å². The number of methoxy groups -OCH3 is 1. The number of amidine groups is 1. The van der Waals surface area contributed by atoms with Crippen LogP contribution in [0.4, 0.5) is 5.69 Å². The van der Waals surface area contributed by atoms with Gasteiger partial charge in [-0.3, -0.25) is 0 Å². The molecule has 2 aromatic carbocycles. The molecule has 116 valence electrons. The van der Waals surface area contributed by atoms with Gasteiger partial charge in [0, 0.05) is 22.7 Å². The third kappa shape index (κ3) is 2.29. The van der Waals surface area contributed by atoms with E-state index in [-0.39, 0.29) is 0 Å². The van der Waals surface area contributed by atoms with E-state index in [2.05, 4.69) is 46.3 Å². The molecule has 6 heteroatoms. The van der Waals surface area contributed by atoms with E-state index < -0.39 is 0 Å². The molecule has 6 nitrogen and oxygen atoms in total. The van der Waals surface area contributed by atoms with E-state index in [1.54, 1.807) is 7.11 Å². The second-order valence-electron chi connectivity index (χ2n) is 5.44. The lowest BCUT2D eigenvalue weighted by atomic mass is 10.1. The highest BCUT2D eigenvalue weighted by atomic mass is 16.5. The van der Waals surface area contributed by atoms with Gasteiger partial charge in [0.25, 0.3) is 0 Å². The quantitative estimate of drug-likeness (QED) is 0.696. The summed E-state index contributed by atoms with van der Waals surface area (Å²) in [5, 5.41) is 7.44. The van der Waals surface area contributed by atoms with Gasteiger partial charge in [0.05, 0.1) is 12.8 Å². The maximum absolute atomic E-state index is 5.21. The lowest BCUT2D eigenvalue weighted by Crippen LogP contribution is -2.41. The van der Waals surface area contributed by atoms with Crippen LogP contribution in [0.5, 0.6) is 5.75 Å². The van der Waals surface area contributed by atoms with Gasteiger partial charge in [-0.25, -0.2) is 10.5 Å². The summed E-state index contributed by atoms with van der Waals surface area (Å²) < 4.78 is 5.21. The van der Waals surface area contributed by atoms with Gasteiger partial charge in [-0.05, 0) is 43.3 Å². The molecule has 0 atom stereocenters. The Labute approximate surface area is 133 Å².